The lowest BCUT2D eigenvalue weighted by molar-refractivity contribution is 0.660. The fourth-order valence-electron chi connectivity index (χ4n) is 9.18. The summed E-state index contributed by atoms with van der Waals surface area (Å²) in [6.45, 7) is 12.9. The van der Waals surface area contributed by atoms with Gasteiger partial charge in [-0.15, -0.1) is 0 Å². The van der Waals surface area contributed by atoms with E-state index in [0.717, 1.165) is 44.9 Å². The first-order valence-electron chi connectivity index (χ1n) is 20.3. The van der Waals surface area contributed by atoms with Crippen LogP contribution >= 0.6 is 0 Å². The lowest BCUT2D eigenvalue weighted by Crippen LogP contribution is -2.15. The van der Waals surface area contributed by atoms with Gasteiger partial charge in [0.15, 0.2) is 0 Å². The minimum absolute atomic E-state index is 0.0572. The van der Waals surface area contributed by atoms with Crippen LogP contribution in [0.5, 0.6) is 0 Å². The Labute approximate surface area is 347 Å². The first-order chi connectivity index (χ1) is 28.9. The van der Waals surface area contributed by atoms with E-state index in [-0.39, 0.29) is 5.41 Å². The molecule has 1 aliphatic carbocycles. The molecule has 2 heteroatoms. The summed E-state index contributed by atoms with van der Waals surface area (Å²) in [7, 11) is 0. The van der Waals surface area contributed by atoms with E-state index in [1.165, 1.54) is 55.3 Å². The van der Waals surface area contributed by atoms with Crippen LogP contribution in [0.25, 0.3) is 66.4 Å². The van der Waals surface area contributed by atoms with Crippen molar-refractivity contribution in [3.05, 3.63) is 236 Å². The molecule has 10 rings (SSSR count). The Morgan fingerprint density at radius 1 is 0.508 bits per heavy atom. The van der Waals surface area contributed by atoms with Crippen molar-refractivity contribution in [2.45, 2.75) is 19.3 Å². The first-order valence-corrected chi connectivity index (χ1v) is 20.3. The molecular formula is C57H44N2. The highest BCUT2D eigenvalue weighted by molar-refractivity contribution is 6.11. The van der Waals surface area contributed by atoms with Crippen LogP contribution in [0.1, 0.15) is 30.5 Å². The van der Waals surface area contributed by atoms with Crippen molar-refractivity contribution in [2.24, 2.45) is 0 Å². The zero-order chi connectivity index (χ0) is 40.1. The second-order valence-electron chi connectivity index (χ2n) is 15.9. The lowest BCUT2D eigenvalue weighted by Gasteiger charge is -2.28. The molecule has 1 heterocycles. The smallest absolute Gasteiger partial charge is 0.0541 e. The number of para-hydroxylation sites is 2. The Kier molecular flexibility index (Phi) is 8.84. The van der Waals surface area contributed by atoms with Crippen LogP contribution in [-0.4, -0.2) is 4.57 Å². The van der Waals surface area contributed by atoms with E-state index in [9.17, 15) is 0 Å². The minimum atomic E-state index is -0.0572. The Balaban J connectivity index is 1.08. The van der Waals surface area contributed by atoms with Gasteiger partial charge in [0.05, 0.1) is 16.7 Å². The van der Waals surface area contributed by atoms with Gasteiger partial charge in [-0.1, -0.05) is 173 Å². The highest BCUT2D eigenvalue weighted by atomic mass is 15.1. The summed E-state index contributed by atoms with van der Waals surface area (Å²) in [5.74, 6) is 0. The zero-order valence-electron chi connectivity index (χ0n) is 33.4. The molecule has 0 aliphatic heterocycles. The summed E-state index contributed by atoms with van der Waals surface area (Å²) in [6, 6.07) is 68.5. The molecule has 59 heavy (non-hydrogen) atoms. The quantitative estimate of drug-likeness (QED) is 0.133. The SMILES string of the molecule is C=C/C=C\C(=C)c1ccccc1-n1c2ccccc2c2cc(-c3ccc(N(c4cccc(-c5ccccc5)c4)c4ccc5c(c4)-c4ccccc4C5(C)C)cc3)ccc21. The van der Waals surface area contributed by atoms with Crippen molar-refractivity contribution in [3.63, 3.8) is 0 Å². The second-order valence-corrected chi connectivity index (χ2v) is 15.9. The summed E-state index contributed by atoms with van der Waals surface area (Å²) >= 11 is 0. The van der Waals surface area contributed by atoms with E-state index in [0.29, 0.717) is 0 Å². The molecule has 0 radical (unpaired) electrons. The third-order valence-electron chi connectivity index (χ3n) is 12.1. The minimum Gasteiger partial charge on any atom is -0.310 e. The van der Waals surface area contributed by atoms with E-state index in [4.69, 9.17) is 0 Å². The third-order valence-corrected chi connectivity index (χ3v) is 12.1. The average molecular weight is 757 g/mol. The van der Waals surface area contributed by atoms with Gasteiger partial charge < -0.3 is 9.47 Å². The second kappa shape index (κ2) is 14.5. The van der Waals surface area contributed by atoms with Gasteiger partial charge in [0.25, 0.3) is 0 Å². The van der Waals surface area contributed by atoms with Crippen molar-refractivity contribution in [1.29, 1.82) is 0 Å². The van der Waals surface area contributed by atoms with Crippen molar-refractivity contribution >= 4 is 44.4 Å². The predicted octanol–water partition coefficient (Wildman–Crippen LogP) is 15.6. The Hall–Kier alpha value is -7.42. The van der Waals surface area contributed by atoms with Crippen LogP contribution in [0.15, 0.2) is 219 Å². The predicted molar refractivity (Wildman–Crippen MR) is 252 cm³/mol. The fourth-order valence-corrected chi connectivity index (χ4v) is 9.18. The summed E-state index contributed by atoms with van der Waals surface area (Å²) in [5, 5.41) is 2.43. The van der Waals surface area contributed by atoms with E-state index in [2.05, 4.69) is 225 Å². The summed E-state index contributed by atoms with van der Waals surface area (Å²) in [6.07, 6.45) is 5.75. The van der Waals surface area contributed by atoms with Crippen LogP contribution in [0.3, 0.4) is 0 Å². The van der Waals surface area contributed by atoms with E-state index in [1.54, 1.807) is 6.08 Å². The Morgan fingerprint density at radius 3 is 1.98 bits per heavy atom. The molecule has 1 aliphatic rings. The number of allylic oxidation sites excluding steroid dienone is 4. The average Bonchev–Trinajstić information content (AvgIpc) is 3.74. The van der Waals surface area contributed by atoms with E-state index < -0.39 is 0 Å². The van der Waals surface area contributed by atoms with Crippen LogP contribution in [-0.2, 0) is 5.41 Å². The molecule has 0 spiro atoms. The molecular weight excluding hydrogens is 713 g/mol. The van der Waals surface area contributed by atoms with Crippen molar-refractivity contribution in [3.8, 4) is 39.1 Å². The monoisotopic (exact) mass is 756 g/mol. The molecule has 8 aromatic carbocycles. The fraction of sp³-hybridized carbons (Fsp3) is 0.0526. The molecule has 0 saturated heterocycles. The number of nitrogens with zero attached hydrogens (tertiary/aromatic N) is 2. The molecule has 2 nitrogen and oxygen atoms in total. The molecule has 0 saturated carbocycles. The molecule has 0 atom stereocenters. The number of aromatic nitrogens is 1. The highest BCUT2D eigenvalue weighted by Crippen LogP contribution is 2.51. The first kappa shape index (κ1) is 36.0. The molecule has 0 N–H and O–H groups in total. The van der Waals surface area contributed by atoms with Crippen LogP contribution in [0.4, 0.5) is 17.1 Å². The normalized spacial score (nSPS) is 12.8. The largest absolute Gasteiger partial charge is 0.310 e. The van der Waals surface area contributed by atoms with Gasteiger partial charge in [0.1, 0.15) is 0 Å². The summed E-state index contributed by atoms with van der Waals surface area (Å²) in [4.78, 5) is 2.40. The number of hydrogen-bond acceptors (Lipinski definition) is 1. The van der Waals surface area contributed by atoms with E-state index >= 15 is 0 Å². The van der Waals surface area contributed by atoms with Gasteiger partial charge in [0.2, 0.25) is 0 Å². The number of hydrogen-bond donors (Lipinski definition) is 0. The summed E-state index contributed by atoms with van der Waals surface area (Å²) < 4.78 is 2.37. The van der Waals surface area contributed by atoms with Crippen molar-refractivity contribution in [1.82, 2.24) is 4.57 Å². The lowest BCUT2D eigenvalue weighted by atomic mass is 9.82. The molecule has 9 aromatic rings. The maximum atomic E-state index is 4.40. The van der Waals surface area contributed by atoms with Gasteiger partial charge in [-0.25, -0.2) is 0 Å². The highest BCUT2D eigenvalue weighted by Gasteiger charge is 2.35. The van der Waals surface area contributed by atoms with Crippen molar-refractivity contribution < 1.29 is 0 Å². The third kappa shape index (κ3) is 6.13. The standard InChI is InChI=1S/C57H44N2/c1-5-6-17-39(2)47-22-11-14-26-54(47)59-55-27-15-12-24-49(55)51-37-43(30-35-56(51)59)41-28-31-44(32-29-41)58(45-21-16-20-42(36-45)40-18-8-7-9-19-40)46-33-34-53-50(38-46)48-23-10-13-25-52(48)57(53,3)4/h5-38H,1-2H2,3-4H3/b17-6-. The maximum Gasteiger partial charge on any atom is 0.0541 e. The van der Waals surface area contributed by atoms with Crippen LogP contribution in [0.2, 0.25) is 0 Å². The summed E-state index contributed by atoms with van der Waals surface area (Å²) in [5.41, 5.74) is 18.8. The van der Waals surface area contributed by atoms with Crippen LogP contribution in [0, 0.1) is 0 Å². The molecule has 282 valence electrons. The molecule has 0 unspecified atom stereocenters. The Bertz CT molecular complexity index is 3100. The number of fused-ring (bicyclic) bond motifs is 6. The zero-order valence-corrected chi connectivity index (χ0v) is 33.4. The van der Waals surface area contributed by atoms with Crippen LogP contribution < -0.4 is 4.90 Å². The molecule has 1 aromatic heterocycles. The number of anilines is 3. The topological polar surface area (TPSA) is 8.17 Å². The Morgan fingerprint density at radius 2 is 1.14 bits per heavy atom. The van der Waals surface area contributed by atoms with E-state index in [1.807, 2.05) is 12.2 Å². The number of rotatable bonds is 9. The van der Waals surface area contributed by atoms with Crippen molar-refractivity contribution in [2.75, 3.05) is 4.90 Å². The van der Waals surface area contributed by atoms with Gasteiger partial charge in [0, 0.05) is 38.8 Å². The van der Waals surface area contributed by atoms with Gasteiger partial charge >= 0.3 is 0 Å². The molecule has 0 bridgehead atoms. The molecule has 0 fully saturated rings. The molecule has 0 amide bonds. The number of benzene rings is 8. The van der Waals surface area contributed by atoms with Gasteiger partial charge in [-0.2, -0.15) is 0 Å². The maximum absolute atomic E-state index is 4.40. The van der Waals surface area contributed by atoms with Gasteiger partial charge in [-0.05, 0) is 111 Å². The van der Waals surface area contributed by atoms with Gasteiger partial charge in [-0.3, -0.25) is 0 Å².